The van der Waals surface area contributed by atoms with E-state index in [0.29, 0.717) is 6.54 Å². The number of carbonyl (C=O) groups is 1. The molecular weight excluding hydrogens is 156 g/mol. The molecule has 1 heterocycles. The van der Waals surface area contributed by atoms with Crippen molar-refractivity contribution in [3.05, 3.63) is 24.2 Å². The van der Waals surface area contributed by atoms with Crippen molar-refractivity contribution in [2.24, 2.45) is 0 Å². The Bertz CT molecular complexity index is 231. The fourth-order valence-electron chi connectivity index (χ4n) is 0.842. The number of carbonyl (C=O) groups excluding carboxylic acids is 1. The van der Waals surface area contributed by atoms with E-state index in [1.54, 1.807) is 13.3 Å². The molecule has 0 fully saturated rings. The third-order valence-corrected chi connectivity index (χ3v) is 1.46. The van der Waals surface area contributed by atoms with E-state index in [4.69, 9.17) is 4.42 Å². The molecule has 1 aromatic rings. The molecule has 4 nitrogen and oxygen atoms in total. The van der Waals surface area contributed by atoms with Gasteiger partial charge in [0.1, 0.15) is 5.76 Å². The second kappa shape index (κ2) is 4.43. The number of furan rings is 1. The van der Waals surface area contributed by atoms with Gasteiger partial charge in [-0.3, -0.25) is 0 Å². The Morgan fingerprint density at radius 2 is 2.50 bits per heavy atom. The summed E-state index contributed by atoms with van der Waals surface area (Å²) < 4.78 is 5.08. The summed E-state index contributed by atoms with van der Waals surface area (Å²) in [6, 6.07) is 3.54. The van der Waals surface area contributed by atoms with Crippen LogP contribution >= 0.6 is 0 Å². The molecule has 4 heteroatoms. The number of rotatable bonds is 3. The first-order valence-corrected chi connectivity index (χ1v) is 3.81. The van der Waals surface area contributed by atoms with Gasteiger partial charge in [0, 0.05) is 20.0 Å². The van der Waals surface area contributed by atoms with Crippen LogP contribution in [0.5, 0.6) is 0 Å². The lowest BCUT2D eigenvalue weighted by Crippen LogP contribution is -2.33. The molecule has 0 bridgehead atoms. The molecule has 0 saturated heterocycles. The van der Waals surface area contributed by atoms with Crippen LogP contribution in [0.3, 0.4) is 0 Å². The van der Waals surface area contributed by atoms with Crippen LogP contribution in [0.4, 0.5) is 4.79 Å². The smallest absolute Gasteiger partial charge is 0.314 e. The Morgan fingerprint density at radius 3 is 3.08 bits per heavy atom. The molecule has 0 aliphatic heterocycles. The van der Waals surface area contributed by atoms with Gasteiger partial charge in [-0.1, -0.05) is 0 Å². The Kier molecular flexibility index (Phi) is 3.19. The molecule has 0 aliphatic rings. The molecule has 0 saturated carbocycles. The maximum Gasteiger partial charge on any atom is 0.314 e. The molecule has 0 aromatic carbocycles. The Morgan fingerprint density at radius 1 is 1.67 bits per heavy atom. The zero-order valence-electron chi connectivity index (χ0n) is 6.96. The van der Waals surface area contributed by atoms with Crippen molar-refractivity contribution in [2.45, 2.75) is 6.42 Å². The van der Waals surface area contributed by atoms with Crippen molar-refractivity contribution in [1.29, 1.82) is 0 Å². The van der Waals surface area contributed by atoms with Crippen molar-refractivity contribution in [1.82, 2.24) is 10.6 Å². The summed E-state index contributed by atoms with van der Waals surface area (Å²) in [4.78, 5) is 10.7. The van der Waals surface area contributed by atoms with Crippen LogP contribution in [0.2, 0.25) is 0 Å². The lowest BCUT2D eigenvalue weighted by atomic mass is 10.3. The van der Waals surface area contributed by atoms with Crippen molar-refractivity contribution in [2.75, 3.05) is 13.6 Å². The van der Waals surface area contributed by atoms with Gasteiger partial charge in [0.2, 0.25) is 0 Å². The van der Waals surface area contributed by atoms with Crippen LogP contribution < -0.4 is 10.6 Å². The van der Waals surface area contributed by atoms with E-state index in [1.807, 2.05) is 12.1 Å². The molecule has 0 spiro atoms. The quantitative estimate of drug-likeness (QED) is 0.699. The van der Waals surface area contributed by atoms with Gasteiger partial charge >= 0.3 is 6.03 Å². The zero-order chi connectivity index (χ0) is 8.81. The summed E-state index contributed by atoms with van der Waals surface area (Å²) in [5.74, 6) is 0.881. The predicted octanol–water partition coefficient (Wildman–Crippen LogP) is 0.751. The van der Waals surface area contributed by atoms with Gasteiger partial charge < -0.3 is 15.1 Å². The SMILES string of the molecule is CNC(=O)NCCc1ccco1. The minimum atomic E-state index is -0.165. The summed E-state index contributed by atoms with van der Waals surface area (Å²) in [6.07, 6.45) is 2.34. The average Bonchev–Trinajstić information content (AvgIpc) is 2.57. The number of hydrogen-bond donors (Lipinski definition) is 2. The van der Waals surface area contributed by atoms with E-state index in [-0.39, 0.29) is 6.03 Å². The van der Waals surface area contributed by atoms with Crippen LogP contribution in [0, 0.1) is 0 Å². The van der Waals surface area contributed by atoms with Crippen molar-refractivity contribution in [3.63, 3.8) is 0 Å². The third-order valence-electron chi connectivity index (χ3n) is 1.46. The highest BCUT2D eigenvalue weighted by atomic mass is 16.3. The predicted molar refractivity (Wildman–Crippen MR) is 44.9 cm³/mol. The van der Waals surface area contributed by atoms with Crippen LogP contribution in [0.1, 0.15) is 5.76 Å². The fourth-order valence-corrected chi connectivity index (χ4v) is 0.842. The molecular formula is C8H12N2O2. The lowest BCUT2D eigenvalue weighted by molar-refractivity contribution is 0.243. The average molecular weight is 168 g/mol. The maximum atomic E-state index is 10.7. The fraction of sp³-hybridized carbons (Fsp3) is 0.375. The van der Waals surface area contributed by atoms with Gasteiger partial charge in [0.15, 0.2) is 0 Å². The molecule has 0 radical (unpaired) electrons. The molecule has 0 unspecified atom stereocenters. The third kappa shape index (κ3) is 2.65. The van der Waals surface area contributed by atoms with Crippen LogP contribution in [-0.2, 0) is 6.42 Å². The maximum absolute atomic E-state index is 10.7. The molecule has 0 aliphatic carbocycles. The van der Waals surface area contributed by atoms with E-state index in [9.17, 15) is 4.79 Å². The van der Waals surface area contributed by atoms with Crippen LogP contribution in [0.15, 0.2) is 22.8 Å². The standard InChI is InChI=1S/C8H12N2O2/c1-9-8(11)10-5-4-7-3-2-6-12-7/h2-3,6H,4-5H2,1H3,(H2,9,10,11). The summed E-state index contributed by atoms with van der Waals surface area (Å²) in [5.41, 5.74) is 0. The van der Waals surface area contributed by atoms with Gasteiger partial charge in [-0.05, 0) is 12.1 Å². The first kappa shape index (κ1) is 8.64. The summed E-state index contributed by atoms with van der Waals surface area (Å²) >= 11 is 0. The highest BCUT2D eigenvalue weighted by Gasteiger charge is 1.97. The number of nitrogens with one attached hydrogen (secondary N) is 2. The first-order valence-electron chi connectivity index (χ1n) is 3.81. The van der Waals surface area contributed by atoms with Crippen molar-refractivity contribution >= 4 is 6.03 Å². The molecule has 2 amide bonds. The van der Waals surface area contributed by atoms with Crippen molar-refractivity contribution in [3.8, 4) is 0 Å². The highest BCUT2D eigenvalue weighted by Crippen LogP contribution is 1.98. The van der Waals surface area contributed by atoms with Crippen molar-refractivity contribution < 1.29 is 9.21 Å². The molecule has 66 valence electrons. The summed E-state index contributed by atoms with van der Waals surface area (Å²) in [7, 11) is 1.59. The Labute approximate surface area is 70.9 Å². The number of urea groups is 1. The topological polar surface area (TPSA) is 54.3 Å². The zero-order valence-corrected chi connectivity index (χ0v) is 6.96. The second-order valence-electron chi connectivity index (χ2n) is 2.34. The van der Waals surface area contributed by atoms with Crippen LogP contribution in [-0.4, -0.2) is 19.6 Å². The van der Waals surface area contributed by atoms with Gasteiger partial charge in [0.05, 0.1) is 6.26 Å². The minimum Gasteiger partial charge on any atom is -0.469 e. The summed E-state index contributed by atoms with van der Waals surface area (Å²) in [5, 5.41) is 5.12. The molecule has 12 heavy (non-hydrogen) atoms. The van der Waals surface area contributed by atoms with E-state index < -0.39 is 0 Å². The highest BCUT2D eigenvalue weighted by molar-refractivity contribution is 5.73. The lowest BCUT2D eigenvalue weighted by Gasteiger charge is -2.01. The summed E-state index contributed by atoms with van der Waals surface area (Å²) in [6.45, 7) is 0.590. The second-order valence-corrected chi connectivity index (χ2v) is 2.34. The number of amides is 2. The molecule has 1 aromatic heterocycles. The monoisotopic (exact) mass is 168 g/mol. The van der Waals surface area contributed by atoms with Gasteiger partial charge in [0.25, 0.3) is 0 Å². The first-order chi connectivity index (χ1) is 5.83. The Balaban J connectivity index is 2.15. The molecule has 2 N–H and O–H groups in total. The molecule has 1 rings (SSSR count). The van der Waals surface area contributed by atoms with E-state index in [1.165, 1.54) is 0 Å². The largest absolute Gasteiger partial charge is 0.469 e. The van der Waals surface area contributed by atoms with Gasteiger partial charge in [-0.15, -0.1) is 0 Å². The Hall–Kier alpha value is -1.45. The van der Waals surface area contributed by atoms with E-state index >= 15 is 0 Å². The number of hydrogen-bond acceptors (Lipinski definition) is 2. The van der Waals surface area contributed by atoms with Crippen LogP contribution in [0.25, 0.3) is 0 Å². The minimum absolute atomic E-state index is 0.165. The van der Waals surface area contributed by atoms with Gasteiger partial charge in [-0.2, -0.15) is 0 Å². The normalized spacial score (nSPS) is 9.42. The van der Waals surface area contributed by atoms with E-state index in [0.717, 1.165) is 12.2 Å². The van der Waals surface area contributed by atoms with E-state index in [2.05, 4.69) is 10.6 Å². The van der Waals surface area contributed by atoms with Gasteiger partial charge in [-0.25, -0.2) is 4.79 Å². The molecule has 0 atom stereocenters.